The molecule has 2 fully saturated rings. The minimum Gasteiger partial charge on any atom is -0.338 e. The average molecular weight is 464 g/mol. The van der Waals surface area contributed by atoms with Gasteiger partial charge in [0.2, 0.25) is 5.91 Å². The summed E-state index contributed by atoms with van der Waals surface area (Å²) in [6, 6.07) is 18.6. The first-order chi connectivity index (χ1) is 16.7. The Bertz CT molecular complexity index is 928. The SMILES string of the molecule is O=C(NCCCN1CCN(Cc2ccccc2)CC1)NCc1cccc(CN2CCCC2=O)c1. The van der Waals surface area contributed by atoms with E-state index in [0.717, 1.165) is 69.8 Å². The third-order valence-electron chi connectivity index (χ3n) is 6.64. The summed E-state index contributed by atoms with van der Waals surface area (Å²) in [5.41, 5.74) is 3.53. The number of carbonyl (C=O) groups is 2. The first-order valence-electron chi connectivity index (χ1n) is 12.5. The maximum absolute atomic E-state index is 12.2. The number of rotatable bonds is 10. The van der Waals surface area contributed by atoms with Crippen molar-refractivity contribution < 1.29 is 9.59 Å². The molecular weight excluding hydrogens is 426 g/mol. The molecule has 0 bridgehead atoms. The van der Waals surface area contributed by atoms with Crippen molar-refractivity contribution in [2.24, 2.45) is 0 Å². The normalized spacial score (nSPS) is 17.2. The highest BCUT2D eigenvalue weighted by Crippen LogP contribution is 2.15. The number of hydrogen-bond acceptors (Lipinski definition) is 4. The lowest BCUT2D eigenvalue weighted by Gasteiger charge is -2.34. The number of likely N-dealkylation sites (tertiary alicyclic amines) is 1. The molecule has 2 aliphatic heterocycles. The number of amides is 3. The van der Waals surface area contributed by atoms with Crippen molar-refractivity contribution >= 4 is 11.9 Å². The van der Waals surface area contributed by atoms with E-state index in [1.54, 1.807) is 0 Å². The number of urea groups is 1. The predicted octanol–water partition coefficient (Wildman–Crippen LogP) is 2.82. The average Bonchev–Trinajstić information content (AvgIpc) is 3.26. The summed E-state index contributed by atoms with van der Waals surface area (Å²) in [7, 11) is 0. The molecule has 34 heavy (non-hydrogen) atoms. The molecule has 0 atom stereocenters. The molecule has 4 rings (SSSR count). The number of hydrogen-bond donors (Lipinski definition) is 2. The first kappa shape index (κ1) is 24.2. The van der Waals surface area contributed by atoms with Crippen LogP contribution in [0, 0.1) is 0 Å². The Morgan fingerprint density at radius 2 is 1.53 bits per heavy atom. The van der Waals surface area contributed by atoms with E-state index in [2.05, 4.69) is 56.8 Å². The molecule has 0 radical (unpaired) electrons. The van der Waals surface area contributed by atoms with Gasteiger partial charge in [0.1, 0.15) is 0 Å². The number of piperazine rings is 1. The molecule has 2 aliphatic rings. The first-order valence-corrected chi connectivity index (χ1v) is 12.5. The summed E-state index contributed by atoms with van der Waals surface area (Å²) in [4.78, 5) is 30.9. The monoisotopic (exact) mass is 463 g/mol. The molecule has 7 heteroatoms. The molecule has 0 unspecified atom stereocenters. The van der Waals surface area contributed by atoms with Gasteiger partial charge in [0.05, 0.1) is 0 Å². The highest BCUT2D eigenvalue weighted by atomic mass is 16.2. The molecule has 182 valence electrons. The van der Waals surface area contributed by atoms with Crippen molar-refractivity contribution in [3.8, 4) is 0 Å². The molecule has 2 aromatic rings. The second-order valence-corrected chi connectivity index (χ2v) is 9.31. The zero-order valence-electron chi connectivity index (χ0n) is 20.0. The van der Waals surface area contributed by atoms with Gasteiger partial charge in [0.25, 0.3) is 0 Å². The van der Waals surface area contributed by atoms with Crippen molar-refractivity contribution in [2.75, 3.05) is 45.8 Å². The molecule has 0 spiro atoms. The topological polar surface area (TPSA) is 67.9 Å². The second-order valence-electron chi connectivity index (χ2n) is 9.31. The van der Waals surface area contributed by atoms with Crippen LogP contribution in [0.2, 0.25) is 0 Å². The molecule has 2 saturated heterocycles. The molecule has 0 saturated carbocycles. The molecule has 3 amide bonds. The van der Waals surface area contributed by atoms with E-state index < -0.39 is 0 Å². The minimum atomic E-state index is -0.132. The number of nitrogens with zero attached hydrogens (tertiary/aromatic N) is 3. The van der Waals surface area contributed by atoms with Crippen LogP contribution in [-0.2, 0) is 24.4 Å². The summed E-state index contributed by atoms with van der Waals surface area (Å²) >= 11 is 0. The van der Waals surface area contributed by atoms with Gasteiger partial charge in [0.15, 0.2) is 0 Å². The van der Waals surface area contributed by atoms with Crippen LogP contribution in [0.1, 0.15) is 36.0 Å². The van der Waals surface area contributed by atoms with Gasteiger partial charge in [-0.25, -0.2) is 4.79 Å². The van der Waals surface area contributed by atoms with Crippen LogP contribution >= 0.6 is 0 Å². The Labute approximate surface area is 203 Å². The Morgan fingerprint density at radius 1 is 0.794 bits per heavy atom. The molecule has 2 N–H and O–H groups in total. The fraction of sp³-hybridized carbons (Fsp3) is 0.481. The van der Waals surface area contributed by atoms with Gasteiger partial charge in [-0.3, -0.25) is 9.69 Å². The maximum Gasteiger partial charge on any atom is 0.315 e. The number of nitrogens with one attached hydrogen (secondary N) is 2. The lowest BCUT2D eigenvalue weighted by molar-refractivity contribution is -0.128. The summed E-state index contributed by atoms with van der Waals surface area (Å²) in [6.07, 6.45) is 2.56. The standard InChI is InChI=1S/C27H37N5O2/c33-26-11-5-14-32(26)22-25-10-4-9-24(19-25)20-29-27(34)28-12-6-13-30-15-17-31(18-16-30)21-23-7-2-1-3-8-23/h1-4,7-10,19H,5-6,11-18,20-22H2,(H2,28,29,34). The zero-order valence-corrected chi connectivity index (χ0v) is 20.0. The molecule has 0 aromatic heterocycles. The minimum absolute atomic E-state index is 0.132. The van der Waals surface area contributed by atoms with Crippen LogP contribution in [0.5, 0.6) is 0 Å². The van der Waals surface area contributed by atoms with Crippen molar-refractivity contribution in [1.82, 2.24) is 25.3 Å². The van der Waals surface area contributed by atoms with Crippen molar-refractivity contribution in [1.29, 1.82) is 0 Å². The fourth-order valence-corrected chi connectivity index (χ4v) is 4.69. The lowest BCUT2D eigenvalue weighted by atomic mass is 10.1. The highest BCUT2D eigenvalue weighted by Gasteiger charge is 2.20. The number of benzene rings is 2. The van der Waals surface area contributed by atoms with Gasteiger partial charge in [0, 0.05) is 65.3 Å². The van der Waals surface area contributed by atoms with Crippen LogP contribution in [0.4, 0.5) is 4.79 Å². The summed E-state index contributed by atoms with van der Waals surface area (Å²) in [5.74, 6) is 0.233. The molecular formula is C27H37N5O2. The van der Waals surface area contributed by atoms with Gasteiger partial charge < -0.3 is 20.4 Å². The van der Waals surface area contributed by atoms with E-state index in [0.29, 0.717) is 26.1 Å². The Kier molecular flexibility index (Phi) is 8.93. The maximum atomic E-state index is 12.2. The Hall–Kier alpha value is -2.90. The van der Waals surface area contributed by atoms with Crippen LogP contribution in [0.25, 0.3) is 0 Å². The van der Waals surface area contributed by atoms with Gasteiger partial charge in [-0.2, -0.15) is 0 Å². The molecule has 2 heterocycles. The largest absolute Gasteiger partial charge is 0.338 e. The van der Waals surface area contributed by atoms with E-state index in [9.17, 15) is 9.59 Å². The Balaban J connectivity index is 1.07. The van der Waals surface area contributed by atoms with Gasteiger partial charge in [-0.05, 0) is 36.1 Å². The third-order valence-corrected chi connectivity index (χ3v) is 6.64. The smallest absolute Gasteiger partial charge is 0.315 e. The summed E-state index contributed by atoms with van der Waals surface area (Å²) in [5, 5.41) is 5.92. The molecule has 0 aliphatic carbocycles. The summed E-state index contributed by atoms with van der Waals surface area (Å²) in [6.45, 7) is 9.03. The van der Waals surface area contributed by atoms with E-state index >= 15 is 0 Å². The van der Waals surface area contributed by atoms with Crippen LogP contribution in [-0.4, -0.2) is 72.5 Å². The van der Waals surface area contributed by atoms with Gasteiger partial charge in [-0.1, -0.05) is 54.6 Å². The van der Waals surface area contributed by atoms with E-state index in [4.69, 9.17) is 0 Å². The summed E-state index contributed by atoms with van der Waals surface area (Å²) < 4.78 is 0. The van der Waals surface area contributed by atoms with E-state index in [1.165, 1.54) is 5.56 Å². The molecule has 7 nitrogen and oxygen atoms in total. The van der Waals surface area contributed by atoms with Gasteiger partial charge >= 0.3 is 6.03 Å². The van der Waals surface area contributed by atoms with Crippen LogP contribution < -0.4 is 10.6 Å². The fourth-order valence-electron chi connectivity index (χ4n) is 4.69. The quantitative estimate of drug-likeness (QED) is 0.532. The number of carbonyl (C=O) groups excluding carboxylic acids is 2. The van der Waals surface area contributed by atoms with Crippen LogP contribution in [0.15, 0.2) is 54.6 Å². The van der Waals surface area contributed by atoms with E-state index in [1.807, 2.05) is 23.1 Å². The molecule has 2 aromatic carbocycles. The van der Waals surface area contributed by atoms with Crippen LogP contribution in [0.3, 0.4) is 0 Å². The third kappa shape index (κ3) is 7.57. The highest BCUT2D eigenvalue weighted by molar-refractivity contribution is 5.78. The zero-order chi connectivity index (χ0) is 23.6. The predicted molar refractivity (Wildman–Crippen MR) is 134 cm³/mol. The van der Waals surface area contributed by atoms with E-state index in [-0.39, 0.29) is 11.9 Å². The second kappa shape index (κ2) is 12.5. The Morgan fingerprint density at radius 3 is 2.29 bits per heavy atom. The van der Waals surface area contributed by atoms with Crippen molar-refractivity contribution in [3.05, 3.63) is 71.3 Å². The lowest BCUT2D eigenvalue weighted by Crippen LogP contribution is -2.46. The van der Waals surface area contributed by atoms with Crippen molar-refractivity contribution in [2.45, 2.75) is 38.9 Å². The van der Waals surface area contributed by atoms with Crippen molar-refractivity contribution in [3.63, 3.8) is 0 Å². The van der Waals surface area contributed by atoms with Gasteiger partial charge in [-0.15, -0.1) is 0 Å².